The fraction of sp³-hybridized carbons (Fsp3) is 0.943. The minimum Gasteiger partial charge on any atom is -0.462 e. The van der Waals surface area contributed by atoms with Crippen molar-refractivity contribution in [1.29, 1.82) is 0 Å². The Morgan fingerprint density at radius 1 is 0.930 bits per heavy atom. The predicted octanol–water partition coefficient (Wildman–Crippen LogP) is 5.59. The quantitative estimate of drug-likeness (QED) is 0.261. The second-order valence-corrected chi connectivity index (χ2v) is 15.0. The van der Waals surface area contributed by atoms with Crippen LogP contribution >= 0.6 is 0 Å². The van der Waals surface area contributed by atoms with Crippen molar-refractivity contribution in [3.8, 4) is 0 Å². The van der Waals surface area contributed by atoms with Gasteiger partial charge in [-0.25, -0.2) is 0 Å². The first-order chi connectivity index (χ1) is 20.5. The van der Waals surface area contributed by atoms with E-state index < -0.39 is 6.10 Å². The molecule has 1 aliphatic heterocycles. The highest BCUT2D eigenvalue weighted by Crippen LogP contribution is 2.47. The summed E-state index contributed by atoms with van der Waals surface area (Å²) in [7, 11) is 1.68. The van der Waals surface area contributed by atoms with Crippen molar-refractivity contribution in [2.75, 3.05) is 13.7 Å². The number of aliphatic hydroxyl groups is 1. The molecule has 3 saturated carbocycles. The Kier molecular flexibility index (Phi) is 13.2. The maximum atomic E-state index is 12.4. The summed E-state index contributed by atoms with van der Waals surface area (Å²) in [5.41, 5.74) is 6.29. The summed E-state index contributed by atoms with van der Waals surface area (Å²) in [6.07, 6.45) is 13.0. The molecule has 0 radical (unpaired) electrons. The number of rotatable bonds is 11. The van der Waals surface area contributed by atoms with Crippen LogP contribution in [0, 0.1) is 47.3 Å². The van der Waals surface area contributed by atoms with E-state index >= 15 is 0 Å². The van der Waals surface area contributed by atoms with Crippen molar-refractivity contribution in [2.24, 2.45) is 53.1 Å². The third-order valence-electron chi connectivity index (χ3n) is 11.8. The molecule has 1 heterocycles. The van der Waals surface area contributed by atoms with Crippen LogP contribution in [0.5, 0.6) is 0 Å². The van der Waals surface area contributed by atoms with Gasteiger partial charge in [-0.05, 0) is 118 Å². The topological polar surface area (TPSA) is 120 Å². The van der Waals surface area contributed by atoms with Gasteiger partial charge in [0.15, 0.2) is 0 Å². The molecule has 12 atom stereocenters. The van der Waals surface area contributed by atoms with Crippen LogP contribution in [0.25, 0.3) is 0 Å². The van der Waals surface area contributed by atoms with Crippen LogP contribution in [-0.4, -0.2) is 61.3 Å². The zero-order valence-corrected chi connectivity index (χ0v) is 27.7. The second-order valence-electron chi connectivity index (χ2n) is 15.0. The largest absolute Gasteiger partial charge is 0.462 e. The van der Waals surface area contributed by atoms with Crippen LogP contribution in [0.1, 0.15) is 118 Å². The summed E-state index contributed by atoms with van der Waals surface area (Å²) < 4.78 is 17.8. The lowest BCUT2D eigenvalue weighted by Crippen LogP contribution is -2.49. The molecule has 8 heteroatoms. The Morgan fingerprint density at radius 3 is 2.37 bits per heavy atom. The highest BCUT2D eigenvalue weighted by atomic mass is 16.6. The second kappa shape index (κ2) is 16.4. The molecule has 0 aromatic carbocycles. The lowest BCUT2D eigenvalue weighted by Gasteiger charge is -2.45. The third-order valence-corrected chi connectivity index (χ3v) is 11.8. The van der Waals surface area contributed by atoms with Crippen LogP contribution in [0.15, 0.2) is 0 Å². The van der Waals surface area contributed by atoms with Gasteiger partial charge in [0.25, 0.3) is 0 Å². The van der Waals surface area contributed by atoms with Crippen LogP contribution < -0.4 is 11.1 Å². The maximum Gasteiger partial charge on any atom is 0.302 e. The van der Waals surface area contributed by atoms with Crippen molar-refractivity contribution in [1.82, 2.24) is 5.32 Å². The average Bonchev–Trinajstić information content (AvgIpc) is 2.93. The van der Waals surface area contributed by atoms with Gasteiger partial charge in [0.05, 0.1) is 18.4 Å². The number of carbonyl (C=O) groups excluding carboxylic acids is 2. The fourth-order valence-electron chi connectivity index (χ4n) is 9.76. The van der Waals surface area contributed by atoms with E-state index in [1.54, 1.807) is 7.11 Å². The van der Waals surface area contributed by atoms with Gasteiger partial charge < -0.3 is 30.4 Å². The first-order valence-corrected chi connectivity index (χ1v) is 17.6. The Labute approximate surface area is 260 Å². The number of fused-ring (bicyclic) bond motifs is 2. The molecule has 43 heavy (non-hydrogen) atoms. The van der Waals surface area contributed by atoms with E-state index in [1.165, 1.54) is 46.0 Å². The number of hydrogen-bond acceptors (Lipinski definition) is 8. The molecule has 7 unspecified atom stereocenters. The van der Waals surface area contributed by atoms with Gasteiger partial charge in [0.1, 0.15) is 12.2 Å². The number of carbonyl (C=O) groups is 2. The lowest BCUT2D eigenvalue weighted by molar-refractivity contribution is -0.157. The number of esters is 2. The van der Waals surface area contributed by atoms with Crippen molar-refractivity contribution in [2.45, 2.75) is 148 Å². The SMILES string of the molecule is COC1CC(CC[C@H](C[C@@H](OC(C)=O)C2CCC[C@H]3CC[C@@H](C(C)C)[C@H](C2)C3)OC(C)=O)C(C2CCNC(N)C2)CC1O. The summed E-state index contributed by atoms with van der Waals surface area (Å²) in [6, 6.07) is 0. The number of nitrogens with one attached hydrogen (secondary N) is 1. The monoisotopic (exact) mass is 606 g/mol. The van der Waals surface area contributed by atoms with Gasteiger partial charge >= 0.3 is 11.9 Å². The van der Waals surface area contributed by atoms with E-state index in [-0.39, 0.29) is 36.4 Å². The molecule has 1 saturated heterocycles. The highest BCUT2D eigenvalue weighted by molar-refractivity contribution is 5.66. The first kappa shape index (κ1) is 34.6. The van der Waals surface area contributed by atoms with Crippen molar-refractivity contribution in [3.05, 3.63) is 0 Å². The molecule has 3 aliphatic carbocycles. The highest BCUT2D eigenvalue weighted by Gasteiger charge is 2.42. The van der Waals surface area contributed by atoms with Gasteiger partial charge in [-0.2, -0.15) is 0 Å². The van der Waals surface area contributed by atoms with Gasteiger partial charge in [-0.15, -0.1) is 0 Å². The van der Waals surface area contributed by atoms with Crippen molar-refractivity contribution in [3.63, 3.8) is 0 Å². The molecule has 4 aliphatic rings. The maximum absolute atomic E-state index is 12.4. The average molecular weight is 607 g/mol. The number of piperidine rings is 1. The molecule has 0 spiro atoms. The van der Waals surface area contributed by atoms with E-state index in [1.807, 2.05) is 0 Å². The number of aliphatic hydroxyl groups excluding tert-OH is 1. The van der Waals surface area contributed by atoms with Crippen molar-refractivity contribution >= 4 is 11.9 Å². The van der Waals surface area contributed by atoms with E-state index in [0.717, 1.165) is 69.7 Å². The smallest absolute Gasteiger partial charge is 0.302 e. The molecule has 4 fully saturated rings. The van der Waals surface area contributed by atoms with Crippen LogP contribution in [0.3, 0.4) is 0 Å². The van der Waals surface area contributed by atoms with Gasteiger partial charge in [-0.3, -0.25) is 9.59 Å². The van der Waals surface area contributed by atoms with Crippen LogP contribution in [0.2, 0.25) is 0 Å². The molecule has 248 valence electrons. The van der Waals surface area contributed by atoms with E-state index in [0.29, 0.717) is 41.9 Å². The molecule has 0 aromatic rings. The number of methoxy groups -OCH3 is 1. The minimum atomic E-state index is -0.469. The molecule has 4 rings (SSSR count). The summed E-state index contributed by atoms with van der Waals surface area (Å²) in [6.45, 7) is 8.62. The molecule has 8 nitrogen and oxygen atoms in total. The fourth-order valence-corrected chi connectivity index (χ4v) is 9.76. The van der Waals surface area contributed by atoms with E-state index in [2.05, 4.69) is 19.2 Å². The van der Waals surface area contributed by atoms with Crippen LogP contribution in [0.4, 0.5) is 0 Å². The minimum absolute atomic E-state index is 0.00603. The molecule has 0 amide bonds. The molecular formula is C35H62N2O6. The summed E-state index contributed by atoms with van der Waals surface area (Å²) >= 11 is 0. The Hall–Kier alpha value is -1.22. The standard InChI is InChI=1S/C35H62N2O6/c1-21(2)30-12-9-24-7-6-8-27(16-28(30)15-24)33(43-23(4)39)19-29(42-22(3)38)11-10-25-17-34(41-5)32(40)20-31(25)26-13-14-37-35(36)18-26/h21,24-35,37,40H,6-20,36H2,1-5H3/t24-,25?,26?,27?,28-,29+,30-,31?,32?,33+,34?,35?/m0/s1. The third kappa shape index (κ3) is 9.88. The van der Waals surface area contributed by atoms with Crippen molar-refractivity contribution < 1.29 is 28.9 Å². The van der Waals surface area contributed by atoms with Gasteiger partial charge in [-0.1, -0.05) is 33.1 Å². The molecule has 2 bridgehead atoms. The normalized spacial score (nSPS) is 38.4. The number of nitrogens with two attached hydrogens (primary N) is 1. The Bertz CT molecular complexity index is 884. The zero-order chi connectivity index (χ0) is 31.1. The first-order valence-electron chi connectivity index (χ1n) is 17.6. The predicted molar refractivity (Wildman–Crippen MR) is 168 cm³/mol. The summed E-state index contributed by atoms with van der Waals surface area (Å²) in [5, 5.41) is 14.2. The van der Waals surface area contributed by atoms with Gasteiger partial charge in [0.2, 0.25) is 0 Å². The summed E-state index contributed by atoms with van der Waals surface area (Å²) in [5.74, 6) is 3.83. The number of hydrogen-bond donors (Lipinski definition) is 3. The Balaban J connectivity index is 1.48. The van der Waals surface area contributed by atoms with E-state index in [4.69, 9.17) is 19.9 Å². The zero-order valence-electron chi connectivity index (χ0n) is 27.7. The summed E-state index contributed by atoms with van der Waals surface area (Å²) in [4.78, 5) is 24.7. The van der Waals surface area contributed by atoms with Gasteiger partial charge in [0, 0.05) is 27.4 Å². The lowest BCUT2D eigenvalue weighted by atomic mass is 9.63. The van der Waals surface area contributed by atoms with E-state index in [9.17, 15) is 14.7 Å². The molecule has 0 aromatic heterocycles. The van der Waals surface area contributed by atoms with Crippen LogP contribution in [-0.2, 0) is 23.8 Å². The Morgan fingerprint density at radius 2 is 1.70 bits per heavy atom. The molecular weight excluding hydrogens is 544 g/mol. The number of ether oxygens (including phenoxy) is 3. The molecule has 4 N–H and O–H groups in total.